The van der Waals surface area contributed by atoms with Gasteiger partial charge in [-0.05, 0) is 32.1 Å². The Morgan fingerprint density at radius 1 is 1.25 bits per heavy atom. The van der Waals surface area contributed by atoms with Gasteiger partial charge in [-0.3, -0.25) is 0 Å². The molecule has 1 atom stereocenters. The molecular weight excluding hydrogens is 266 g/mol. The smallest absolute Gasteiger partial charge is 0.0722 e. The molecule has 0 radical (unpaired) electrons. The molecule has 1 unspecified atom stereocenters. The second kappa shape index (κ2) is 5.01. The van der Waals surface area contributed by atoms with Crippen molar-refractivity contribution in [2.45, 2.75) is 12.5 Å². The van der Waals surface area contributed by atoms with E-state index in [0.29, 0.717) is 21.1 Å². The van der Waals surface area contributed by atoms with Gasteiger partial charge in [0, 0.05) is 17.6 Å². The number of likely N-dealkylation sites (N-methyl/N-ethyl adjacent to an activating group) is 1. The highest BCUT2D eigenvalue weighted by Crippen LogP contribution is 2.34. The minimum Gasteiger partial charge on any atom is -0.379 e. The van der Waals surface area contributed by atoms with Crippen molar-refractivity contribution < 1.29 is 0 Å². The van der Waals surface area contributed by atoms with E-state index in [4.69, 9.17) is 34.8 Å². The molecule has 1 aromatic rings. The van der Waals surface area contributed by atoms with Crippen LogP contribution in [-0.2, 0) is 0 Å². The number of halogens is 3. The summed E-state index contributed by atoms with van der Waals surface area (Å²) in [6, 6.07) is 3.81. The van der Waals surface area contributed by atoms with Crippen LogP contribution in [0.1, 0.15) is 6.42 Å². The van der Waals surface area contributed by atoms with E-state index < -0.39 is 0 Å². The average molecular weight is 280 g/mol. The van der Waals surface area contributed by atoms with Crippen molar-refractivity contribution in [2.24, 2.45) is 0 Å². The Labute approximate surface area is 110 Å². The maximum absolute atomic E-state index is 6.10. The van der Waals surface area contributed by atoms with E-state index in [1.165, 1.54) is 0 Å². The number of likely N-dealkylation sites (tertiary alicyclic amines) is 1. The molecule has 16 heavy (non-hydrogen) atoms. The summed E-state index contributed by atoms with van der Waals surface area (Å²) >= 11 is 18.1. The van der Waals surface area contributed by atoms with Crippen LogP contribution in [0.3, 0.4) is 0 Å². The molecule has 1 N–H and O–H groups in total. The lowest BCUT2D eigenvalue weighted by molar-refractivity contribution is 0.414. The summed E-state index contributed by atoms with van der Waals surface area (Å²) in [6.07, 6.45) is 1.10. The third-order valence-corrected chi connectivity index (χ3v) is 3.56. The van der Waals surface area contributed by atoms with Crippen molar-refractivity contribution in [1.29, 1.82) is 0 Å². The SMILES string of the molecule is CN1CCC(Nc2c(Cl)cc(Cl)cc2Cl)C1. The zero-order valence-corrected chi connectivity index (χ0v) is 11.2. The number of benzene rings is 1. The van der Waals surface area contributed by atoms with E-state index in [-0.39, 0.29) is 0 Å². The van der Waals surface area contributed by atoms with E-state index >= 15 is 0 Å². The lowest BCUT2D eigenvalue weighted by Crippen LogP contribution is -2.23. The maximum Gasteiger partial charge on any atom is 0.0722 e. The number of nitrogens with one attached hydrogen (secondary N) is 1. The molecule has 0 aliphatic carbocycles. The van der Waals surface area contributed by atoms with Crippen LogP contribution in [0.4, 0.5) is 5.69 Å². The van der Waals surface area contributed by atoms with E-state index in [1.54, 1.807) is 12.1 Å². The van der Waals surface area contributed by atoms with Crippen molar-refractivity contribution in [3.63, 3.8) is 0 Å². The van der Waals surface area contributed by atoms with Gasteiger partial charge >= 0.3 is 0 Å². The Morgan fingerprint density at radius 3 is 2.38 bits per heavy atom. The van der Waals surface area contributed by atoms with Gasteiger partial charge in [-0.2, -0.15) is 0 Å². The molecule has 1 heterocycles. The first-order valence-electron chi connectivity index (χ1n) is 5.16. The molecule has 1 fully saturated rings. The van der Waals surface area contributed by atoms with Crippen LogP contribution in [0, 0.1) is 0 Å². The fourth-order valence-corrected chi connectivity index (χ4v) is 2.86. The first kappa shape index (κ1) is 12.3. The number of anilines is 1. The Bertz CT molecular complexity index is 372. The molecule has 1 saturated heterocycles. The molecule has 2 nitrogen and oxygen atoms in total. The zero-order chi connectivity index (χ0) is 11.7. The molecule has 0 aromatic heterocycles. The molecule has 0 spiro atoms. The van der Waals surface area contributed by atoms with Crippen molar-refractivity contribution in [1.82, 2.24) is 4.90 Å². The molecule has 0 bridgehead atoms. The van der Waals surface area contributed by atoms with E-state index in [1.807, 2.05) is 0 Å². The summed E-state index contributed by atoms with van der Waals surface area (Å²) in [7, 11) is 2.10. The second-order valence-corrected chi connectivity index (χ2v) is 5.39. The molecule has 0 amide bonds. The largest absolute Gasteiger partial charge is 0.379 e. The fraction of sp³-hybridized carbons (Fsp3) is 0.455. The van der Waals surface area contributed by atoms with Crippen molar-refractivity contribution in [2.75, 3.05) is 25.5 Å². The first-order chi connectivity index (χ1) is 7.56. The Hall–Kier alpha value is -0.150. The standard InChI is InChI=1S/C11H13Cl3N2/c1-16-3-2-8(6-16)15-11-9(13)4-7(12)5-10(11)14/h4-5,8,15H,2-3,6H2,1H3. The molecular formula is C11H13Cl3N2. The van der Waals surface area contributed by atoms with Crippen LogP contribution in [0.25, 0.3) is 0 Å². The van der Waals surface area contributed by atoms with Gasteiger partial charge in [-0.15, -0.1) is 0 Å². The van der Waals surface area contributed by atoms with Gasteiger partial charge in [0.2, 0.25) is 0 Å². The van der Waals surface area contributed by atoms with Gasteiger partial charge in [0.15, 0.2) is 0 Å². The zero-order valence-electron chi connectivity index (χ0n) is 8.93. The molecule has 5 heteroatoms. The molecule has 1 aliphatic heterocycles. The normalized spacial score (nSPS) is 21.4. The first-order valence-corrected chi connectivity index (χ1v) is 6.29. The van der Waals surface area contributed by atoms with Crippen LogP contribution >= 0.6 is 34.8 Å². The molecule has 1 aromatic carbocycles. The minimum atomic E-state index is 0.404. The van der Waals surface area contributed by atoms with E-state index in [9.17, 15) is 0 Å². The van der Waals surface area contributed by atoms with Crippen LogP contribution < -0.4 is 5.32 Å². The highest BCUT2D eigenvalue weighted by Gasteiger charge is 2.20. The average Bonchev–Trinajstić information content (AvgIpc) is 2.58. The molecule has 0 saturated carbocycles. The van der Waals surface area contributed by atoms with Gasteiger partial charge in [-0.25, -0.2) is 0 Å². The highest BCUT2D eigenvalue weighted by molar-refractivity contribution is 6.41. The number of hydrogen-bond donors (Lipinski definition) is 1. The van der Waals surface area contributed by atoms with Crippen molar-refractivity contribution in [3.8, 4) is 0 Å². The number of nitrogens with zero attached hydrogens (tertiary/aromatic N) is 1. The molecule has 2 rings (SSSR count). The minimum absolute atomic E-state index is 0.404. The number of hydrogen-bond acceptors (Lipinski definition) is 2. The predicted octanol–water partition coefficient (Wildman–Crippen LogP) is 3.76. The molecule has 1 aliphatic rings. The van der Waals surface area contributed by atoms with Crippen molar-refractivity contribution in [3.05, 3.63) is 27.2 Å². The van der Waals surface area contributed by atoms with Gasteiger partial charge < -0.3 is 10.2 Å². The summed E-state index contributed by atoms with van der Waals surface area (Å²) in [6.45, 7) is 2.11. The monoisotopic (exact) mass is 278 g/mol. The summed E-state index contributed by atoms with van der Waals surface area (Å²) in [5, 5.41) is 5.08. The van der Waals surface area contributed by atoms with Gasteiger partial charge in [0.1, 0.15) is 0 Å². The predicted molar refractivity (Wildman–Crippen MR) is 71.0 cm³/mol. The topological polar surface area (TPSA) is 15.3 Å². The van der Waals surface area contributed by atoms with E-state index in [2.05, 4.69) is 17.3 Å². The van der Waals surface area contributed by atoms with Crippen LogP contribution in [0.5, 0.6) is 0 Å². The van der Waals surface area contributed by atoms with Crippen molar-refractivity contribution >= 4 is 40.5 Å². The quantitative estimate of drug-likeness (QED) is 0.887. The Kier molecular flexibility index (Phi) is 3.85. The lowest BCUT2D eigenvalue weighted by atomic mass is 10.2. The highest BCUT2D eigenvalue weighted by atomic mass is 35.5. The summed E-state index contributed by atoms with van der Waals surface area (Å²) in [5.74, 6) is 0. The summed E-state index contributed by atoms with van der Waals surface area (Å²) < 4.78 is 0. The lowest BCUT2D eigenvalue weighted by Gasteiger charge is -2.16. The number of rotatable bonds is 2. The van der Waals surface area contributed by atoms with Gasteiger partial charge in [-0.1, -0.05) is 34.8 Å². The maximum atomic E-state index is 6.10. The third-order valence-electron chi connectivity index (χ3n) is 2.75. The van der Waals surface area contributed by atoms with Gasteiger partial charge in [0.25, 0.3) is 0 Å². The Balaban J connectivity index is 2.15. The fourth-order valence-electron chi connectivity index (χ4n) is 1.94. The molecule has 88 valence electrons. The second-order valence-electron chi connectivity index (χ2n) is 4.14. The van der Waals surface area contributed by atoms with E-state index in [0.717, 1.165) is 25.2 Å². The van der Waals surface area contributed by atoms with Crippen LogP contribution in [0.2, 0.25) is 15.1 Å². The third kappa shape index (κ3) is 2.75. The summed E-state index contributed by atoms with van der Waals surface area (Å²) in [4.78, 5) is 2.27. The summed E-state index contributed by atoms with van der Waals surface area (Å²) in [5.41, 5.74) is 0.785. The Morgan fingerprint density at radius 2 is 1.88 bits per heavy atom. The van der Waals surface area contributed by atoms with Crippen LogP contribution in [-0.4, -0.2) is 31.1 Å². The van der Waals surface area contributed by atoms with Crippen LogP contribution in [0.15, 0.2) is 12.1 Å². The van der Waals surface area contributed by atoms with Gasteiger partial charge in [0.05, 0.1) is 15.7 Å².